The number of nitrogens with one attached hydrogen (secondary N) is 3. The van der Waals surface area contributed by atoms with Gasteiger partial charge in [-0.05, 0) is 25.2 Å². The van der Waals surface area contributed by atoms with Crippen LogP contribution in [0.4, 0.5) is 5.69 Å². The van der Waals surface area contributed by atoms with Crippen molar-refractivity contribution in [1.29, 1.82) is 0 Å². The number of benzene rings is 1. The van der Waals surface area contributed by atoms with E-state index in [1.807, 2.05) is 0 Å². The van der Waals surface area contributed by atoms with Crippen molar-refractivity contribution in [3.8, 4) is 5.75 Å². The zero-order chi connectivity index (χ0) is 18.1. The van der Waals surface area contributed by atoms with Gasteiger partial charge >= 0.3 is 0 Å². The summed E-state index contributed by atoms with van der Waals surface area (Å²) in [6, 6.07) is 4.88. The van der Waals surface area contributed by atoms with Gasteiger partial charge in [-0.15, -0.1) is 0 Å². The first kappa shape index (κ1) is 19.7. The number of anilines is 1. The molecule has 1 rings (SSSR count). The summed E-state index contributed by atoms with van der Waals surface area (Å²) in [5.74, 6) is -0.484. The molecule has 0 fully saturated rings. The zero-order valence-corrected chi connectivity index (χ0v) is 14.6. The lowest BCUT2D eigenvalue weighted by Crippen LogP contribution is -2.42. The van der Waals surface area contributed by atoms with Crippen LogP contribution in [-0.4, -0.2) is 63.5 Å². The van der Waals surface area contributed by atoms with Gasteiger partial charge in [0.1, 0.15) is 5.75 Å². The van der Waals surface area contributed by atoms with E-state index >= 15 is 0 Å². The fourth-order valence-corrected chi connectivity index (χ4v) is 2.01. The van der Waals surface area contributed by atoms with Crippen LogP contribution in [0.3, 0.4) is 0 Å². The van der Waals surface area contributed by atoms with E-state index < -0.39 is 0 Å². The molecule has 0 spiro atoms. The second-order valence-electron chi connectivity index (χ2n) is 5.01. The number of ether oxygens (including phenoxy) is 1. The SMILES string of the molecule is CNC(=O)CNC(=O)CN(C)CC(=O)Nc1cc(Cl)ccc1OC. The minimum absolute atomic E-state index is 0.0109. The molecule has 1 aromatic carbocycles. The first-order valence-electron chi connectivity index (χ1n) is 7.15. The first-order valence-corrected chi connectivity index (χ1v) is 7.52. The van der Waals surface area contributed by atoms with Crippen LogP contribution in [0.5, 0.6) is 5.75 Å². The molecule has 1 aromatic rings. The highest BCUT2D eigenvalue weighted by molar-refractivity contribution is 6.31. The van der Waals surface area contributed by atoms with Crippen LogP contribution in [0.2, 0.25) is 5.02 Å². The molecule has 0 radical (unpaired) electrons. The van der Waals surface area contributed by atoms with Crippen LogP contribution in [0.15, 0.2) is 18.2 Å². The maximum Gasteiger partial charge on any atom is 0.239 e. The van der Waals surface area contributed by atoms with E-state index in [4.69, 9.17) is 16.3 Å². The summed E-state index contributed by atoms with van der Waals surface area (Å²) in [6.45, 7) is -0.130. The lowest BCUT2D eigenvalue weighted by Gasteiger charge is -2.16. The Hall–Kier alpha value is -2.32. The van der Waals surface area contributed by atoms with Crippen molar-refractivity contribution < 1.29 is 19.1 Å². The van der Waals surface area contributed by atoms with E-state index in [0.29, 0.717) is 16.5 Å². The van der Waals surface area contributed by atoms with Crippen molar-refractivity contribution in [2.75, 3.05) is 46.2 Å². The predicted molar refractivity (Wildman–Crippen MR) is 91.2 cm³/mol. The average Bonchev–Trinajstić information content (AvgIpc) is 2.52. The predicted octanol–water partition coefficient (Wildman–Crippen LogP) is 0.0811. The molecule has 0 aliphatic heterocycles. The molecule has 3 amide bonds. The van der Waals surface area contributed by atoms with Crippen molar-refractivity contribution >= 4 is 35.0 Å². The number of likely N-dealkylation sites (N-methyl/N-ethyl adjacent to an activating group) is 2. The second kappa shape index (κ2) is 9.74. The van der Waals surface area contributed by atoms with Gasteiger partial charge in [-0.25, -0.2) is 0 Å². The Morgan fingerprint density at radius 2 is 1.83 bits per heavy atom. The van der Waals surface area contributed by atoms with Gasteiger partial charge in [0.2, 0.25) is 17.7 Å². The smallest absolute Gasteiger partial charge is 0.239 e. The molecule has 3 N–H and O–H groups in total. The number of hydrogen-bond acceptors (Lipinski definition) is 5. The van der Waals surface area contributed by atoms with Gasteiger partial charge in [0, 0.05) is 12.1 Å². The van der Waals surface area contributed by atoms with E-state index in [1.165, 1.54) is 19.1 Å². The van der Waals surface area contributed by atoms with Crippen molar-refractivity contribution in [1.82, 2.24) is 15.5 Å². The van der Waals surface area contributed by atoms with Crippen LogP contribution in [-0.2, 0) is 14.4 Å². The summed E-state index contributed by atoms with van der Waals surface area (Å²) < 4.78 is 5.15. The van der Waals surface area contributed by atoms with Crippen LogP contribution in [0, 0.1) is 0 Å². The van der Waals surface area contributed by atoms with Gasteiger partial charge < -0.3 is 20.7 Å². The second-order valence-corrected chi connectivity index (χ2v) is 5.45. The number of carbonyl (C=O) groups is 3. The molecule has 132 valence electrons. The molecular formula is C15H21ClN4O4. The standard InChI is InChI=1S/C15H21ClN4O4/c1-17-13(21)7-18-14(22)8-20(2)9-15(23)19-11-6-10(16)4-5-12(11)24-3/h4-6H,7-9H2,1-3H3,(H,17,21)(H,18,22)(H,19,23). The Morgan fingerprint density at radius 3 is 2.46 bits per heavy atom. The van der Waals surface area contributed by atoms with Crippen molar-refractivity contribution in [2.45, 2.75) is 0 Å². The molecule has 24 heavy (non-hydrogen) atoms. The van der Waals surface area contributed by atoms with Crippen LogP contribution in [0.1, 0.15) is 0 Å². The number of amides is 3. The Labute approximate surface area is 145 Å². The summed E-state index contributed by atoms with van der Waals surface area (Å²) >= 11 is 5.90. The molecule has 0 aliphatic rings. The van der Waals surface area contributed by atoms with E-state index in [0.717, 1.165) is 0 Å². The summed E-state index contributed by atoms with van der Waals surface area (Å²) in [5.41, 5.74) is 0.451. The highest BCUT2D eigenvalue weighted by Gasteiger charge is 2.13. The average molecular weight is 357 g/mol. The summed E-state index contributed by atoms with van der Waals surface area (Å²) in [6.07, 6.45) is 0. The molecule has 0 heterocycles. The van der Waals surface area contributed by atoms with Crippen LogP contribution in [0.25, 0.3) is 0 Å². The van der Waals surface area contributed by atoms with Gasteiger partial charge in [-0.2, -0.15) is 0 Å². The highest BCUT2D eigenvalue weighted by Crippen LogP contribution is 2.27. The summed E-state index contributed by atoms with van der Waals surface area (Å²) in [7, 11) is 4.59. The topological polar surface area (TPSA) is 99.8 Å². The van der Waals surface area contributed by atoms with Crippen molar-refractivity contribution in [3.63, 3.8) is 0 Å². The van der Waals surface area contributed by atoms with Crippen molar-refractivity contribution in [2.24, 2.45) is 0 Å². The van der Waals surface area contributed by atoms with E-state index in [2.05, 4.69) is 16.0 Å². The molecule has 0 aromatic heterocycles. The maximum absolute atomic E-state index is 12.0. The zero-order valence-electron chi connectivity index (χ0n) is 13.8. The molecule has 0 atom stereocenters. The Bertz CT molecular complexity index is 609. The first-order chi connectivity index (χ1) is 11.3. The van der Waals surface area contributed by atoms with Crippen LogP contribution < -0.4 is 20.7 Å². The fourth-order valence-electron chi connectivity index (χ4n) is 1.84. The number of nitrogens with zero attached hydrogens (tertiary/aromatic N) is 1. The Balaban J connectivity index is 2.48. The van der Waals surface area contributed by atoms with Crippen molar-refractivity contribution in [3.05, 3.63) is 23.2 Å². The molecule has 8 nitrogen and oxygen atoms in total. The van der Waals surface area contributed by atoms with E-state index in [-0.39, 0.29) is 37.4 Å². The third kappa shape index (κ3) is 6.84. The lowest BCUT2D eigenvalue weighted by molar-refractivity contribution is -0.126. The largest absolute Gasteiger partial charge is 0.495 e. The van der Waals surface area contributed by atoms with Gasteiger partial charge in [-0.3, -0.25) is 19.3 Å². The number of rotatable bonds is 8. The van der Waals surface area contributed by atoms with Gasteiger partial charge in [-0.1, -0.05) is 11.6 Å². The van der Waals surface area contributed by atoms with E-state index in [1.54, 1.807) is 25.2 Å². The van der Waals surface area contributed by atoms with Gasteiger partial charge in [0.05, 0.1) is 32.4 Å². The van der Waals surface area contributed by atoms with E-state index in [9.17, 15) is 14.4 Å². The maximum atomic E-state index is 12.0. The minimum atomic E-state index is -0.353. The van der Waals surface area contributed by atoms with Gasteiger partial charge in [0.15, 0.2) is 0 Å². The summed E-state index contributed by atoms with van der Waals surface area (Å²) in [5, 5.41) is 7.99. The number of methoxy groups -OCH3 is 1. The highest BCUT2D eigenvalue weighted by atomic mass is 35.5. The molecule has 9 heteroatoms. The molecule has 0 unspecified atom stereocenters. The van der Waals surface area contributed by atoms with Gasteiger partial charge in [0.25, 0.3) is 0 Å². The molecule has 0 saturated carbocycles. The third-order valence-electron chi connectivity index (χ3n) is 2.99. The molecule has 0 bridgehead atoms. The van der Waals surface area contributed by atoms with Crippen LogP contribution >= 0.6 is 11.6 Å². The number of halogens is 1. The normalized spacial score (nSPS) is 10.2. The molecule has 0 aliphatic carbocycles. The summed E-state index contributed by atoms with van der Waals surface area (Å²) in [4.78, 5) is 36.3. The fraction of sp³-hybridized carbons (Fsp3) is 0.400. The third-order valence-corrected chi connectivity index (χ3v) is 3.22. The minimum Gasteiger partial charge on any atom is -0.495 e. The number of carbonyl (C=O) groups excluding carboxylic acids is 3. The molecule has 0 saturated heterocycles. The Morgan fingerprint density at radius 1 is 1.17 bits per heavy atom. The quantitative estimate of drug-likeness (QED) is 0.612. The number of hydrogen-bond donors (Lipinski definition) is 3. The molecular weight excluding hydrogens is 336 g/mol. The Kier molecular flexibility index (Phi) is 8.00. The lowest BCUT2D eigenvalue weighted by atomic mass is 10.3. The monoisotopic (exact) mass is 356 g/mol.